The van der Waals surface area contributed by atoms with Crippen LogP contribution in [0.4, 0.5) is 0 Å². The Bertz CT molecular complexity index is 332. The second kappa shape index (κ2) is 6.77. The third-order valence-corrected chi connectivity index (χ3v) is 2.30. The van der Waals surface area contributed by atoms with Crippen molar-refractivity contribution in [2.75, 3.05) is 6.61 Å². The average Bonchev–Trinajstić information content (AvgIpc) is 2.35. The van der Waals surface area contributed by atoms with Crippen LogP contribution in [-0.2, 0) is 14.3 Å². The summed E-state index contributed by atoms with van der Waals surface area (Å²) < 4.78 is 4.93. The van der Waals surface area contributed by atoms with Gasteiger partial charge in [0.2, 0.25) is 6.29 Å². The van der Waals surface area contributed by atoms with Gasteiger partial charge in [-0.1, -0.05) is 37.3 Å². The van der Waals surface area contributed by atoms with Crippen LogP contribution in [0.3, 0.4) is 0 Å². The summed E-state index contributed by atoms with van der Waals surface area (Å²) >= 11 is 0. The molecule has 0 aliphatic carbocycles. The van der Waals surface area contributed by atoms with Crippen molar-refractivity contribution < 1.29 is 14.3 Å². The van der Waals surface area contributed by atoms with Crippen molar-refractivity contribution in [2.45, 2.75) is 25.7 Å². The summed E-state index contributed by atoms with van der Waals surface area (Å²) in [5.74, 6) is -0.552. The lowest BCUT2D eigenvalue weighted by Crippen LogP contribution is -2.09. The third kappa shape index (κ3) is 3.85. The number of hydrogen-bond acceptors (Lipinski definition) is 3. The van der Waals surface area contributed by atoms with Gasteiger partial charge in [0, 0.05) is 6.42 Å². The summed E-state index contributed by atoms with van der Waals surface area (Å²) in [7, 11) is 0. The van der Waals surface area contributed by atoms with E-state index < -0.39 is 0 Å². The molecule has 0 amide bonds. The van der Waals surface area contributed by atoms with E-state index in [0.29, 0.717) is 12.8 Å². The van der Waals surface area contributed by atoms with Crippen molar-refractivity contribution >= 4 is 12.3 Å². The van der Waals surface area contributed by atoms with Crippen LogP contribution in [0.5, 0.6) is 0 Å². The Balaban J connectivity index is 2.44. The zero-order chi connectivity index (χ0) is 11.8. The summed E-state index contributed by atoms with van der Waals surface area (Å²) in [6.45, 7) is 2.00. The molecule has 0 saturated heterocycles. The standard InChI is InChI=1S/C13H15O3/c1-2-13(15)16-9-8-12(10-14)11-6-4-3-5-7-11/h3-7,12H,2,8-9H2,1H3. The lowest BCUT2D eigenvalue weighted by Gasteiger charge is -2.09. The molecule has 0 aromatic heterocycles. The minimum atomic E-state index is -0.314. The van der Waals surface area contributed by atoms with Crippen LogP contribution in [-0.4, -0.2) is 18.9 Å². The smallest absolute Gasteiger partial charge is 0.305 e. The molecule has 0 aliphatic rings. The first kappa shape index (κ1) is 12.4. The molecule has 1 radical (unpaired) electrons. The highest BCUT2D eigenvalue weighted by Crippen LogP contribution is 2.16. The molecule has 0 heterocycles. The molecule has 0 saturated carbocycles. The van der Waals surface area contributed by atoms with Crippen molar-refractivity contribution in [3.8, 4) is 0 Å². The van der Waals surface area contributed by atoms with Crippen LogP contribution in [0.1, 0.15) is 31.2 Å². The van der Waals surface area contributed by atoms with Crippen LogP contribution >= 0.6 is 0 Å². The third-order valence-electron chi connectivity index (χ3n) is 2.30. The molecule has 0 N–H and O–H groups in total. The Morgan fingerprint density at radius 2 is 2.06 bits per heavy atom. The number of hydrogen-bond donors (Lipinski definition) is 0. The van der Waals surface area contributed by atoms with E-state index in [1.54, 1.807) is 6.92 Å². The van der Waals surface area contributed by atoms with Crippen molar-refractivity contribution in [3.05, 3.63) is 35.9 Å². The zero-order valence-corrected chi connectivity index (χ0v) is 9.31. The van der Waals surface area contributed by atoms with Gasteiger partial charge in [-0.25, -0.2) is 0 Å². The SMILES string of the molecule is CCC(=O)OCCC([C]=O)c1ccccc1. The Kier molecular flexibility index (Phi) is 5.26. The van der Waals surface area contributed by atoms with Gasteiger partial charge >= 0.3 is 5.97 Å². The molecular weight excluding hydrogens is 204 g/mol. The van der Waals surface area contributed by atoms with Crippen LogP contribution < -0.4 is 0 Å². The summed E-state index contributed by atoms with van der Waals surface area (Å²) in [5.41, 5.74) is 0.907. The summed E-state index contributed by atoms with van der Waals surface area (Å²) in [4.78, 5) is 21.7. The van der Waals surface area contributed by atoms with Gasteiger partial charge in [-0.2, -0.15) is 0 Å². The van der Waals surface area contributed by atoms with E-state index in [4.69, 9.17) is 4.74 Å². The second-order valence-electron chi connectivity index (χ2n) is 3.44. The molecule has 1 rings (SSSR count). The van der Waals surface area contributed by atoms with Crippen molar-refractivity contribution in [2.24, 2.45) is 0 Å². The fourth-order valence-corrected chi connectivity index (χ4v) is 1.37. The number of carbonyl (C=O) groups excluding carboxylic acids is 2. The molecule has 1 aromatic carbocycles. The lowest BCUT2D eigenvalue weighted by molar-refractivity contribution is -0.143. The fraction of sp³-hybridized carbons (Fsp3) is 0.385. The molecule has 1 atom stereocenters. The highest BCUT2D eigenvalue weighted by Gasteiger charge is 2.11. The Morgan fingerprint density at radius 1 is 1.38 bits per heavy atom. The number of esters is 1. The van der Waals surface area contributed by atoms with Gasteiger partial charge in [-0.15, -0.1) is 0 Å². The maximum Gasteiger partial charge on any atom is 0.305 e. The normalized spacial score (nSPS) is 11.8. The van der Waals surface area contributed by atoms with E-state index in [9.17, 15) is 9.59 Å². The van der Waals surface area contributed by atoms with Crippen LogP contribution in [0.15, 0.2) is 30.3 Å². The largest absolute Gasteiger partial charge is 0.466 e. The molecule has 85 valence electrons. The first-order valence-corrected chi connectivity index (χ1v) is 5.36. The average molecular weight is 219 g/mol. The molecule has 0 fully saturated rings. The fourth-order valence-electron chi connectivity index (χ4n) is 1.37. The van der Waals surface area contributed by atoms with Crippen LogP contribution in [0.25, 0.3) is 0 Å². The van der Waals surface area contributed by atoms with Crippen molar-refractivity contribution in [1.82, 2.24) is 0 Å². The molecule has 3 nitrogen and oxygen atoms in total. The predicted molar refractivity (Wildman–Crippen MR) is 60.7 cm³/mol. The minimum Gasteiger partial charge on any atom is -0.466 e. The van der Waals surface area contributed by atoms with Crippen molar-refractivity contribution in [1.29, 1.82) is 0 Å². The highest BCUT2D eigenvalue weighted by molar-refractivity contribution is 5.69. The zero-order valence-electron chi connectivity index (χ0n) is 9.31. The van der Waals surface area contributed by atoms with Gasteiger partial charge in [0.1, 0.15) is 0 Å². The Labute approximate surface area is 95.4 Å². The summed E-state index contributed by atoms with van der Waals surface area (Å²) in [5, 5.41) is 0. The predicted octanol–water partition coefficient (Wildman–Crippen LogP) is 2.22. The molecule has 0 aliphatic heterocycles. The quantitative estimate of drug-likeness (QED) is 0.689. The lowest BCUT2D eigenvalue weighted by atomic mass is 9.98. The maximum absolute atomic E-state index is 10.9. The number of ether oxygens (including phenoxy) is 1. The maximum atomic E-state index is 10.9. The number of rotatable bonds is 6. The van der Waals surface area contributed by atoms with Gasteiger partial charge in [0.15, 0.2) is 0 Å². The van der Waals surface area contributed by atoms with Gasteiger partial charge < -0.3 is 4.74 Å². The van der Waals surface area contributed by atoms with Gasteiger partial charge in [-0.05, 0) is 12.0 Å². The first-order valence-electron chi connectivity index (χ1n) is 5.36. The van der Waals surface area contributed by atoms with Gasteiger partial charge in [-0.3, -0.25) is 9.59 Å². The topological polar surface area (TPSA) is 43.4 Å². The molecule has 16 heavy (non-hydrogen) atoms. The van der Waals surface area contributed by atoms with E-state index in [1.807, 2.05) is 36.6 Å². The summed E-state index contributed by atoms with van der Waals surface area (Å²) in [6, 6.07) is 9.38. The van der Waals surface area contributed by atoms with Crippen LogP contribution in [0.2, 0.25) is 0 Å². The van der Waals surface area contributed by atoms with Crippen LogP contribution in [0, 0.1) is 0 Å². The van der Waals surface area contributed by atoms with E-state index in [-0.39, 0.29) is 18.5 Å². The molecule has 1 aromatic rings. The molecule has 1 unspecified atom stereocenters. The second-order valence-corrected chi connectivity index (χ2v) is 3.44. The van der Waals surface area contributed by atoms with E-state index in [2.05, 4.69) is 0 Å². The molecule has 0 bridgehead atoms. The van der Waals surface area contributed by atoms with E-state index in [0.717, 1.165) is 5.56 Å². The molecule has 0 spiro atoms. The van der Waals surface area contributed by atoms with Crippen molar-refractivity contribution in [3.63, 3.8) is 0 Å². The first-order chi connectivity index (χ1) is 7.77. The van der Waals surface area contributed by atoms with E-state index in [1.165, 1.54) is 0 Å². The number of carbonyl (C=O) groups is 1. The summed E-state index contributed by atoms with van der Waals surface area (Å²) in [6.07, 6.45) is 2.82. The Hall–Kier alpha value is -1.64. The Morgan fingerprint density at radius 3 is 2.62 bits per heavy atom. The monoisotopic (exact) mass is 219 g/mol. The van der Waals surface area contributed by atoms with Gasteiger partial charge in [0.25, 0.3) is 0 Å². The number of benzene rings is 1. The van der Waals surface area contributed by atoms with E-state index >= 15 is 0 Å². The van der Waals surface area contributed by atoms with Gasteiger partial charge in [0.05, 0.1) is 12.5 Å². The highest BCUT2D eigenvalue weighted by atomic mass is 16.5. The molecule has 3 heteroatoms. The molecular formula is C13H15O3. The minimum absolute atomic E-state index is 0.238.